The van der Waals surface area contributed by atoms with Gasteiger partial charge in [0.1, 0.15) is 17.5 Å². The number of hydrogen-bond acceptors (Lipinski definition) is 5. The molecule has 4 aromatic rings. The monoisotopic (exact) mass is 421 g/mol. The molecule has 0 saturated carbocycles. The van der Waals surface area contributed by atoms with Crippen molar-refractivity contribution < 1.29 is 9.53 Å². The number of ether oxygens (including phenoxy) is 1. The van der Waals surface area contributed by atoms with E-state index in [2.05, 4.69) is 10.5 Å². The number of amides is 1. The molecule has 0 radical (unpaired) electrons. The van der Waals surface area contributed by atoms with E-state index in [0.29, 0.717) is 11.3 Å². The third-order valence-electron chi connectivity index (χ3n) is 4.57. The smallest absolute Gasteiger partial charge is 0.277 e. The summed E-state index contributed by atoms with van der Waals surface area (Å²) in [6, 6.07) is 28.3. The summed E-state index contributed by atoms with van der Waals surface area (Å²) < 4.78 is 7.19. The predicted octanol–water partition coefficient (Wildman–Crippen LogP) is 3.94. The molecule has 0 aliphatic heterocycles. The lowest BCUT2D eigenvalue weighted by Gasteiger charge is -2.06. The second-order valence-corrected chi connectivity index (χ2v) is 6.77. The molecule has 32 heavy (non-hydrogen) atoms. The van der Waals surface area contributed by atoms with Crippen LogP contribution in [0.2, 0.25) is 0 Å². The summed E-state index contributed by atoms with van der Waals surface area (Å²) in [7, 11) is 0. The highest BCUT2D eigenvalue weighted by atomic mass is 16.5. The minimum atomic E-state index is -0.439. The Labute approximate surface area is 185 Å². The van der Waals surface area contributed by atoms with Crippen molar-refractivity contribution in [2.45, 2.75) is 0 Å². The average Bonchev–Trinajstić information content (AvgIpc) is 3.28. The number of nitrogens with one attached hydrogen (secondary N) is 1. The number of hydrazone groups is 1. The molecule has 7 heteroatoms. The van der Waals surface area contributed by atoms with E-state index in [1.165, 1.54) is 0 Å². The van der Waals surface area contributed by atoms with Gasteiger partial charge in [0.2, 0.25) is 0 Å². The van der Waals surface area contributed by atoms with Gasteiger partial charge in [0.25, 0.3) is 5.91 Å². The first kappa shape index (κ1) is 20.6. The Morgan fingerprint density at radius 1 is 1.03 bits per heavy atom. The zero-order valence-corrected chi connectivity index (χ0v) is 17.1. The molecule has 7 nitrogen and oxygen atoms in total. The highest BCUT2D eigenvalue weighted by molar-refractivity contribution is 5.89. The lowest BCUT2D eigenvalue weighted by Crippen LogP contribution is -2.24. The van der Waals surface area contributed by atoms with Crippen LogP contribution in [0.4, 0.5) is 0 Å². The van der Waals surface area contributed by atoms with Crippen LogP contribution in [0.3, 0.4) is 0 Å². The van der Waals surface area contributed by atoms with Crippen molar-refractivity contribution in [1.82, 2.24) is 15.2 Å². The van der Waals surface area contributed by atoms with Crippen molar-refractivity contribution in [3.8, 4) is 28.8 Å². The second-order valence-electron chi connectivity index (χ2n) is 6.77. The summed E-state index contributed by atoms with van der Waals surface area (Å²) in [6.45, 7) is -0.259. The van der Waals surface area contributed by atoms with Crippen molar-refractivity contribution in [1.29, 1.82) is 5.26 Å². The lowest BCUT2D eigenvalue weighted by atomic mass is 10.1. The Morgan fingerprint density at radius 2 is 1.72 bits per heavy atom. The lowest BCUT2D eigenvalue weighted by molar-refractivity contribution is -0.123. The molecule has 0 saturated heterocycles. The quantitative estimate of drug-likeness (QED) is 0.361. The number of hydrogen-bond donors (Lipinski definition) is 1. The molecular formula is C25H19N5O2. The van der Waals surface area contributed by atoms with Crippen LogP contribution < -0.4 is 10.2 Å². The zero-order chi connectivity index (χ0) is 22.2. The summed E-state index contributed by atoms with van der Waals surface area (Å²) in [5.41, 5.74) is 6.16. The largest absolute Gasteiger partial charge is 0.482 e. The van der Waals surface area contributed by atoms with E-state index in [1.807, 2.05) is 72.9 Å². The molecule has 156 valence electrons. The molecule has 0 atom stereocenters. The van der Waals surface area contributed by atoms with E-state index < -0.39 is 5.91 Å². The fourth-order valence-corrected chi connectivity index (χ4v) is 3.05. The van der Waals surface area contributed by atoms with E-state index >= 15 is 0 Å². The summed E-state index contributed by atoms with van der Waals surface area (Å²) in [4.78, 5) is 12.1. The van der Waals surface area contributed by atoms with Crippen molar-refractivity contribution >= 4 is 12.1 Å². The normalized spacial score (nSPS) is 10.6. The number of aromatic nitrogens is 2. The molecule has 1 heterocycles. The molecule has 0 fully saturated rings. The van der Waals surface area contributed by atoms with Crippen molar-refractivity contribution in [3.05, 3.63) is 102 Å². The topological polar surface area (TPSA) is 92.3 Å². The molecule has 3 aromatic carbocycles. The van der Waals surface area contributed by atoms with Gasteiger partial charge in [-0.3, -0.25) is 4.79 Å². The van der Waals surface area contributed by atoms with Gasteiger partial charge in [-0.15, -0.1) is 0 Å². The summed E-state index contributed by atoms with van der Waals surface area (Å²) in [5, 5.41) is 17.9. The van der Waals surface area contributed by atoms with Gasteiger partial charge in [-0.05, 0) is 24.3 Å². The van der Waals surface area contributed by atoms with Crippen LogP contribution in [0, 0.1) is 11.3 Å². The zero-order valence-electron chi connectivity index (χ0n) is 17.1. The van der Waals surface area contributed by atoms with Gasteiger partial charge in [-0.2, -0.15) is 15.5 Å². The van der Waals surface area contributed by atoms with Crippen LogP contribution in [0.15, 0.2) is 96.2 Å². The predicted molar refractivity (Wildman–Crippen MR) is 121 cm³/mol. The number of nitrogens with zero attached hydrogens (tertiary/aromatic N) is 4. The van der Waals surface area contributed by atoms with Gasteiger partial charge in [-0.25, -0.2) is 10.1 Å². The highest BCUT2D eigenvalue weighted by Gasteiger charge is 2.11. The van der Waals surface area contributed by atoms with Gasteiger partial charge >= 0.3 is 0 Å². The fourth-order valence-electron chi connectivity index (χ4n) is 3.05. The Kier molecular flexibility index (Phi) is 6.34. The summed E-state index contributed by atoms with van der Waals surface area (Å²) in [5.74, 6) is -0.0877. The molecule has 1 amide bonds. The number of nitriles is 1. The summed E-state index contributed by atoms with van der Waals surface area (Å²) in [6.07, 6.45) is 3.41. The SMILES string of the molecule is N#Cc1ccccc1OCC(=O)N/N=C/c1cn(-c2ccccc2)nc1-c1ccccc1. The molecule has 0 aliphatic rings. The maximum atomic E-state index is 12.1. The summed E-state index contributed by atoms with van der Waals surface area (Å²) >= 11 is 0. The maximum Gasteiger partial charge on any atom is 0.277 e. The third kappa shape index (κ3) is 4.89. The Hall–Kier alpha value is -4.70. The fraction of sp³-hybridized carbons (Fsp3) is 0.0400. The van der Waals surface area contributed by atoms with E-state index in [9.17, 15) is 4.79 Å². The molecule has 4 rings (SSSR count). The average molecular weight is 421 g/mol. The van der Waals surface area contributed by atoms with E-state index in [1.54, 1.807) is 35.2 Å². The Bertz CT molecular complexity index is 1270. The Morgan fingerprint density at radius 3 is 2.47 bits per heavy atom. The van der Waals surface area contributed by atoms with Gasteiger partial charge in [0, 0.05) is 17.3 Å². The van der Waals surface area contributed by atoms with Crippen molar-refractivity contribution in [2.24, 2.45) is 5.10 Å². The van der Waals surface area contributed by atoms with Crippen LogP contribution >= 0.6 is 0 Å². The van der Waals surface area contributed by atoms with Gasteiger partial charge in [-0.1, -0.05) is 60.7 Å². The minimum absolute atomic E-state index is 0.259. The van der Waals surface area contributed by atoms with Gasteiger partial charge < -0.3 is 4.74 Å². The van der Waals surface area contributed by atoms with Crippen LogP contribution in [-0.2, 0) is 4.79 Å². The first-order valence-electron chi connectivity index (χ1n) is 9.89. The first-order chi connectivity index (χ1) is 15.7. The standard InChI is InChI=1S/C25H19N5O2/c26-15-20-11-7-8-14-23(20)32-18-24(31)28-27-16-21-17-30(22-12-5-2-6-13-22)29-25(21)19-9-3-1-4-10-19/h1-14,16-17H,18H2,(H,28,31)/b27-16+. The highest BCUT2D eigenvalue weighted by Crippen LogP contribution is 2.22. The number of carbonyl (C=O) groups excluding carboxylic acids is 1. The molecule has 1 aromatic heterocycles. The van der Waals surface area contributed by atoms with Crippen LogP contribution in [0.25, 0.3) is 16.9 Å². The molecular weight excluding hydrogens is 402 g/mol. The molecule has 0 bridgehead atoms. The third-order valence-corrected chi connectivity index (χ3v) is 4.57. The van der Waals surface area contributed by atoms with Crippen molar-refractivity contribution in [2.75, 3.05) is 6.61 Å². The van der Waals surface area contributed by atoms with Crippen LogP contribution in [0.5, 0.6) is 5.75 Å². The molecule has 0 spiro atoms. The van der Waals surface area contributed by atoms with Crippen LogP contribution in [-0.4, -0.2) is 28.5 Å². The number of benzene rings is 3. The van der Waals surface area contributed by atoms with E-state index in [-0.39, 0.29) is 6.61 Å². The number of carbonyl (C=O) groups is 1. The van der Waals surface area contributed by atoms with E-state index in [0.717, 1.165) is 22.5 Å². The first-order valence-corrected chi connectivity index (χ1v) is 9.89. The van der Waals surface area contributed by atoms with Gasteiger partial charge in [0.05, 0.1) is 17.5 Å². The van der Waals surface area contributed by atoms with E-state index in [4.69, 9.17) is 15.1 Å². The minimum Gasteiger partial charge on any atom is -0.482 e. The van der Waals surface area contributed by atoms with Crippen molar-refractivity contribution in [3.63, 3.8) is 0 Å². The van der Waals surface area contributed by atoms with Crippen LogP contribution in [0.1, 0.15) is 11.1 Å². The second kappa shape index (κ2) is 9.87. The molecule has 0 unspecified atom stereocenters. The molecule has 1 N–H and O–H groups in total. The number of para-hydroxylation sites is 2. The molecule has 0 aliphatic carbocycles. The van der Waals surface area contributed by atoms with Gasteiger partial charge in [0.15, 0.2) is 6.61 Å². The Balaban J connectivity index is 1.48. The number of rotatable bonds is 7. The maximum absolute atomic E-state index is 12.1.